The fourth-order valence-corrected chi connectivity index (χ4v) is 5.41. The summed E-state index contributed by atoms with van der Waals surface area (Å²) in [5.74, 6) is 0. The summed E-state index contributed by atoms with van der Waals surface area (Å²) in [6, 6.07) is 15.9. The van der Waals surface area contributed by atoms with Gasteiger partial charge >= 0.3 is 6.09 Å². The van der Waals surface area contributed by atoms with Crippen molar-refractivity contribution in [2.45, 2.75) is 117 Å². The van der Waals surface area contributed by atoms with Gasteiger partial charge in [0.05, 0.1) is 6.61 Å². The second-order valence-electron chi connectivity index (χ2n) is 11.8. The molecule has 1 aliphatic heterocycles. The van der Waals surface area contributed by atoms with Crippen LogP contribution in [-0.4, -0.2) is 29.5 Å². The second kappa shape index (κ2) is 15.1. The molecular formula is C34H51N2O2+. The van der Waals surface area contributed by atoms with Crippen LogP contribution in [0.2, 0.25) is 0 Å². The zero-order valence-electron chi connectivity index (χ0n) is 24.7. The molecule has 0 aromatic heterocycles. The second-order valence-corrected chi connectivity index (χ2v) is 11.8. The van der Waals surface area contributed by atoms with Crippen LogP contribution in [0.25, 0.3) is 0 Å². The molecule has 4 nitrogen and oxygen atoms in total. The third-order valence-electron chi connectivity index (χ3n) is 7.69. The topological polar surface area (TPSA) is 41.3 Å². The Balaban J connectivity index is 1.74. The number of unbranched alkanes of at least 4 members (excludes halogenated alkanes) is 8. The van der Waals surface area contributed by atoms with Gasteiger partial charge < -0.3 is 10.1 Å². The highest BCUT2D eigenvalue weighted by Crippen LogP contribution is 2.28. The average Bonchev–Trinajstić information content (AvgIpc) is 2.90. The highest BCUT2D eigenvalue weighted by atomic mass is 16.5. The summed E-state index contributed by atoms with van der Waals surface area (Å²) in [7, 11) is 0. The maximum Gasteiger partial charge on any atom is 0.407 e. The molecule has 3 rings (SSSR count). The van der Waals surface area contributed by atoms with E-state index >= 15 is 0 Å². The normalized spacial score (nSPS) is 13.4. The van der Waals surface area contributed by atoms with E-state index in [0.717, 1.165) is 24.9 Å². The molecule has 0 atom stereocenters. The molecule has 38 heavy (non-hydrogen) atoms. The van der Waals surface area contributed by atoms with Gasteiger partial charge in [-0.2, -0.15) is 4.58 Å². The largest absolute Gasteiger partial charge is 0.450 e. The quantitative estimate of drug-likeness (QED) is 0.200. The van der Waals surface area contributed by atoms with Crippen LogP contribution in [0.4, 0.5) is 10.5 Å². The van der Waals surface area contributed by atoms with E-state index in [1.807, 2.05) is 6.92 Å². The number of nitrogens with one attached hydrogen (secondary N) is 1. The molecule has 0 radical (unpaired) electrons. The lowest BCUT2D eigenvalue weighted by Crippen LogP contribution is -2.28. The van der Waals surface area contributed by atoms with Gasteiger partial charge in [-0.1, -0.05) is 103 Å². The van der Waals surface area contributed by atoms with Gasteiger partial charge in [-0.15, -0.1) is 0 Å². The number of rotatable bonds is 14. The van der Waals surface area contributed by atoms with E-state index in [1.165, 1.54) is 85.9 Å². The van der Waals surface area contributed by atoms with E-state index in [0.29, 0.717) is 13.2 Å². The predicted molar refractivity (Wildman–Crippen MR) is 160 cm³/mol. The third-order valence-corrected chi connectivity index (χ3v) is 7.69. The van der Waals surface area contributed by atoms with Crippen LogP contribution in [0, 0.1) is 0 Å². The molecule has 1 N–H and O–H groups in total. The molecule has 1 amide bonds. The first-order valence-corrected chi connectivity index (χ1v) is 15.1. The Morgan fingerprint density at radius 2 is 1.55 bits per heavy atom. The zero-order chi connectivity index (χ0) is 27.4. The zero-order valence-corrected chi connectivity index (χ0v) is 24.7. The van der Waals surface area contributed by atoms with Crippen molar-refractivity contribution in [3.63, 3.8) is 0 Å². The Bertz CT molecular complexity index is 1050. The fraction of sp³-hybridized carbons (Fsp3) is 0.588. The highest BCUT2D eigenvalue weighted by Gasteiger charge is 2.27. The Labute approximate surface area is 231 Å². The summed E-state index contributed by atoms with van der Waals surface area (Å²) >= 11 is 0. The molecule has 4 heteroatoms. The SMILES string of the molecule is CCCCCCCCCCCC1=[N+](c2ccc(C(C)(C)C)cc2)CCc2cc(CNC(=O)OCC)ccc21. The maximum atomic E-state index is 11.8. The van der Waals surface area contributed by atoms with Crippen LogP contribution < -0.4 is 5.32 Å². The molecule has 0 fully saturated rings. The number of hydrogen-bond acceptors (Lipinski definition) is 2. The van der Waals surface area contributed by atoms with Gasteiger partial charge in [-0.05, 0) is 41.5 Å². The molecule has 0 bridgehead atoms. The lowest BCUT2D eigenvalue weighted by atomic mass is 9.87. The van der Waals surface area contributed by atoms with Gasteiger partial charge in [0.25, 0.3) is 0 Å². The van der Waals surface area contributed by atoms with Gasteiger partial charge in [0.2, 0.25) is 5.69 Å². The predicted octanol–water partition coefficient (Wildman–Crippen LogP) is 8.84. The molecule has 2 aromatic carbocycles. The Hall–Kier alpha value is -2.62. The molecule has 0 unspecified atom stereocenters. The number of fused-ring (bicyclic) bond motifs is 1. The molecule has 1 aliphatic rings. The van der Waals surface area contributed by atoms with Gasteiger partial charge in [0, 0.05) is 37.1 Å². The Morgan fingerprint density at radius 3 is 2.18 bits per heavy atom. The van der Waals surface area contributed by atoms with Crippen LogP contribution in [0.1, 0.15) is 121 Å². The van der Waals surface area contributed by atoms with Crippen molar-refractivity contribution >= 4 is 17.5 Å². The minimum absolute atomic E-state index is 0.157. The molecule has 208 valence electrons. The lowest BCUT2D eigenvalue weighted by molar-refractivity contribution is -0.442. The van der Waals surface area contributed by atoms with E-state index in [-0.39, 0.29) is 11.5 Å². The number of benzene rings is 2. The number of nitrogens with zero attached hydrogens (tertiary/aromatic N) is 1. The lowest BCUT2D eigenvalue weighted by Gasteiger charge is -2.21. The molecule has 0 spiro atoms. The number of carbonyl (C=O) groups is 1. The van der Waals surface area contributed by atoms with Crippen molar-refractivity contribution in [2.75, 3.05) is 13.2 Å². The summed E-state index contributed by atoms with van der Waals surface area (Å²) in [5, 5.41) is 2.86. The first-order chi connectivity index (χ1) is 18.3. The molecule has 2 aromatic rings. The molecule has 0 aliphatic carbocycles. The Kier molecular flexibility index (Phi) is 11.9. The Morgan fingerprint density at radius 1 is 0.895 bits per heavy atom. The van der Waals surface area contributed by atoms with Crippen molar-refractivity contribution in [3.05, 3.63) is 64.7 Å². The monoisotopic (exact) mass is 519 g/mol. The van der Waals surface area contributed by atoms with Gasteiger partial charge in [-0.3, -0.25) is 0 Å². The van der Waals surface area contributed by atoms with Crippen molar-refractivity contribution in [1.29, 1.82) is 0 Å². The van der Waals surface area contributed by atoms with E-state index in [1.54, 1.807) is 0 Å². The average molecular weight is 520 g/mol. The van der Waals surface area contributed by atoms with E-state index < -0.39 is 0 Å². The smallest absolute Gasteiger partial charge is 0.407 e. The number of carbonyl (C=O) groups excluding carboxylic acids is 1. The summed E-state index contributed by atoms with van der Waals surface area (Å²) in [6.07, 6.45) is 13.9. The van der Waals surface area contributed by atoms with E-state index in [9.17, 15) is 4.79 Å². The van der Waals surface area contributed by atoms with Crippen LogP contribution >= 0.6 is 0 Å². The minimum Gasteiger partial charge on any atom is -0.450 e. The molecule has 0 saturated heterocycles. The maximum absolute atomic E-state index is 11.8. The highest BCUT2D eigenvalue weighted by molar-refractivity contribution is 5.99. The number of hydrogen-bond donors (Lipinski definition) is 1. The molecule has 1 heterocycles. The van der Waals surface area contributed by atoms with Gasteiger partial charge in [0.15, 0.2) is 12.3 Å². The van der Waals surface area contributed by atoms with Crippen LogP contribution in [0.15, 0.2) is 42.5 Å². The molecular weight excluding hydrogens is 468 g/mol. The summed E-state index contributed by atoms with van der Waals surface area (Å²) in [6.45, 7) is 12.8. The van der Waals surface area contributed by atoms with Crippen LogP contribution in [0.5, 0.6) is 0 Å². The number of amides is 1. The number of alkyl carbamates (subject to hydrolysis) is 1. The van der Waals surface area contributed by atoms with Gasteiger partial charge in [-0.25, -0.2) is 4.79 Å². The third kappa shape index (κ3) is 8.99. The first kappa shape index (κ1) is 29.9. The summed E-state index contributed by atoms with van der Waals surface area (Å²) in [5.41, 5.74) is 8.16. The standard InChI is InChI=1S/C34H50N2O2/c1-6-8-9-10-11-12-13-14-15-16-32-31-22-17-27(26-35-33(37)38-7-2)25-28(31)23-24-36(32)30-20-18-29(19-21-30)34(3,4)5/h17-22,25H,6-16,23-24,26H2,1-5H3/p+1. The summed E-state index contributed by atoms with van der Waals surface area (Å²) < 4.78 is 7.57. The van der Waals surface area contributed by atoms with Crippen molar-refractivity contribution in [1.82, 2.24) is 5.32 Å². The number of ether oxygens (including phenoxy) is 1. The van der Waals surface area contributed by atoms with E-state index in [2.05, 4.69) is 80.1 Å². The minimum atomic E-state index is -0.354. The van der Waals surface area contributed by atoms with Crippen molar-refractivity contribution < 1.29 is 14.1 Å². The van der Waals surface area contributed by atoms with Crippen molar-refractivity contribution in [3.8, 4) is 0 Å². The van der Waals surface area contributed by atoms with Crippen LogP contribution in [0.3, 0.4) is 0 Å². The molecule has 0 saturated carbocycles. The summed E-state index contributed by atoms with van der Waals surface area (Å²) in [4.78, 5) is 11.8. The van der Waals surface area contributed by atoms with Crippen LogP contribution in [-0.2, 0) is 23.1 Å². The van der Waals surface area contributed by atoms with Crippen molar-refractivity contribution in [2.24, 2.45) is 0 Å². The first-order valence-electron chi connectivity index (χ1n) is 15.1. The van der Waals surface area contributed by atoms with Gasteiger partial charge in [0.1, 0.15) is 0 Å². The fourth-order valence-electron chi connectivity index (χ4n) is 5.41. The van der Waals surface area contributed by atoms with E-state index in [4.69, 9.17) is 4.74 Å².